The predicted octanol–water partition coefficient (Wildman–Crippen LogP) is 1.06. The van der Waals surface area contributed by atoms with Gasteiger partial charge in [0.1, 0.15) is 0 Å². The van der Waals surface area contributed by atoms with E-state index in [4.69, 9.17) is 10.8 Å². The fraction of sp³-hybridized carbons (Fsp3) is 0.333. The van der Waals surface area contributed by atoms with Crippen molar-refractivity contribution in [1.82, 2.24) is 0 Å². The lowest BCUT2D eigenvalue weighted by Gasteiger charge is -2.04. The first-order valence-corrected chi connectivity index (χ1v) is 4.03. The molecule has 0 heterocycles. The van der Waals surface area contributed by atoms with Gasteiger partial charge in [0.15, 0.2) is 0 Å². The molecule has 0 aliphatic rings. The number of nitrogens with one attached hydrogen (secondary N) is 1. The summed E-state index contributed by atoms with van der Waals surface area (Å²) in [6.45, 7) is 1.02. The molecule has 1 aromatic rings. The summed E-state index contributed by atoms with van der Waals surface area (Å²) in [5.41, 5.74) is 7.32. The molecule has 3 heteroatoms. The largest absolute Gasteiger partial charge is 0.399 e. The molecule has 0 aromatic heterocycles. The quantitative estimate of drug-likeness (QED) is 0.463. The van der Waals surface area contributed by atoms with Gasteiger partial charge in [-0.3, -0.25) is 0 Å². The van der Waals surface area contributed by atoms with Crippen molar-refractivity contribution in [1.29, 1.82) is 0 Å². The van der Waals surface area contributed by atoms with Crippen LogP contribution in [0.4, 0.5) is 11.4 Å². The van der Waals surface area contributed by atoms with Crippen LogP contribution in [-0.4, -0.2) is 18.3 Å². The Morgan fingerprint density at radius 2 is 1.92 bits per heavy atom. The summed E-state index contributed by atoms with van der Waals surface area (Å²) in [5.74, 6) is 0. The van der Waals surface area contributed by atoms with E-state index in [1.807, 2.05) is 24.3 Å². The van der Waals surface area contributed by atoms with Crippen molar-refractivity contribution in [3.05, 3.63) is 24.3 Å². The van der Waals surface area contributed by atoms with Gasteiger partial charge in [0.25, 0.3) is 0 Å². The summed E-state index contributed by atoms with van der Waals surface area (Å²) in [6, 6.07) is 7.54. The van der Waals surface area contributed by atoms with Crippen molar-refractivity contribution in [2.45, 2.75) is 6.42 Å². The maximum absolute atomic E-state index is 8.53. The zero-order chi connectivity index (χ0) is 8.81. The summed E-state index contributed by atoms with van der Waals surface area (Å²) in [7, 11) is 0. The number of hydrogen-bond donors (Lipinski definition) is 3. The highest BCUT2D eigenvalue weighted by Gasteiger charge is 1.89. The number of nitrogens with two attached hydrogens (primary N) is 1. The summed E-state index contributed by atoms with van der Waals surface area (Å²) >= 11 is 0. The molecular formula is C9H14N2O. The van der Waals surface area contributed by atoms with Crippen LogP contribution in [0.1, 0.15) is 6.42 Å². The summed E-state index contributed by atoms with van der Waals surface area (Å²) in [5, 5.41) is 11.7. The lowest BCUT2D eigenvalue weighted by molar-refractivity contribution is 0.292. The van der Waals surface area contributed by atoms with Gasteiger partial charge in [0, 0.05) is 24.5 Å². The molecule has 0 spiro atoms. The van der Waals surface area contributed by atoms with E-state index >= 15 is 0 Å². The van der Waals surface area contributed by atoms with E-state index in [1.54, 1.807) is 0 Å². The molecule has 0 amide bonds. The van der Waals surface area contributed by atoms with E-state index < -0.39 is 0 Å². The van der Waals surface area contributed by atoms with Crippen molar-refractivity contribution < 1.29 is 5.11 Å². The van der Waals surface area contributed by atoms with E-state index in [1.165, 1.54) is 0 Å². The molecule has 12 heavy (non-hydrogen) atoms. The second kappa shape index (κ2) is 4.62. The average molecular weight is 166 g/mol. The van der Waals surface area contributed by atoms with Crippen molar-refractivity contribution in [2.24, 2.45) is 0 Å². The van der Waals surface area contributed by atoms with Gasteiger partial charge in [-0.1, -0.05) is 0 Å². The SMILES string of the molecule is Nc1ccc(NCCCO)cc1. The van der Waals surface area contributed by atoms with E-state index in [0.29, 0.717) is 0 Å². The van der Waals surface area contributed by atoms with Crippen molar-refractivity contribution in [3.63, 3.8) is 0 Å². The highest BCUT2D eigenvalue weighted by atomic mass is 16.3. The fourth-order valence-corrected chi connectivity index (χ4v) is 0.913. The Balaban J connectivity index is 2.37. The standard InChI is InChI=1S/C9H14N2O/c10-8-2-4-9(5-3-8)11-6-1-7-12/h2-5,11-12H,1,6-7,10H2. The van der Waals surface area contributed by atoms with E-state index in [9.17, 15) is 0 Å². The van der Waals surface area contributed by atoms with Crippen LogP contribution >= 0.6 is 0 Å². The molecule has 0 saturated carbocycles. The van der Waals surface area contributed by atoms with Crippen LogP contribution in [0.3, 0.4) is 0 Å². The zero-order valence-corrected chi connectivity index (χ0v) is 6.96. The number of nitrogen functional groups attached to an aromatic ring is 1. The Labute approximate surface area is 72.2 Å². The Kier molecular flexibility index (Phi) is 3.41. The van der Waals surface area contributed by atoms with Crippen molar-refractivity contribution >= 4 is 11.4 Å². The van der Waals surface area contributed by atoms with Crippen LogP contribution in [0.25, 0.3) is 0 Å². The molecule has 0 aliphatic carbocycles. The van der Waals surface area contributed by atoms with Crippen LogP contribution in [-0.2, 0) is 0 Å². The van der Waals surface area contributed by atoms with E-state index in [-0.39, 0.29) is 6.61 Å². The van der Waals surface area contributed by atoms with Crippen molar-refractivity contribution in [2.75, 3.05) is 24.2 Å². The number of hydrogen-bond acceptors (Lipinski definition) is 3. The van der Waals surface area contributed by atoms with Gasteiger partial charge in [-0.2, -0.15) is 0 Å². The highest BCUT2D eigenvalue weighted by Crippen LogP contribution is 2.09. The molecule has 1 rings (SSSR count). The number of aliphatic hydroxyl groups is 1. The Morgan fingerprint density at radius 1 is 1.25 bits per heavy atom. The molecule has 0 atom stereocenters. The first-order chi connectivity index (χ1) is 5.83. The molecule has 66 valence electrons. The first-order valence-electron chi connectivity index (χ1n) is 4.03. The number of aliphatic hydroxyl groups excluding tert-OH is 1. The maximum atomic E-state index is 8.53. The molecule has 0 radical (unpaired) electrons. The highest BCUT2D eigenvalue weighted by molar-refractivity contribution is 5.50. The molecule has 0 bridgehead atoms. The third-order valence-corrected chi connectivity index (χ3v) is 1.57. The molecule has 4 N–H and O–H groups in total. The average Bonchev–Trinajstić information content (AvgIpc) is 2.09. The minimum atomic E-state index is 0.224. The van der Waals surface area contributed by atoms with Gasteiger partial charge in [-0.05, 0) is 30.7 Å². The second-order valence-electron chi connectivity index (χ2n) is 2.63. The topological polar surface area (TPSA) is 58.3 Å². The van der Waals surface area contributed by atoms with Gasteiger partial charge in [-0.15, -0.1) is 0 Å². The summed E-state index contributed by atoms with van der Waals surface area (Å²) < 4.78 is 0. The lowest BCUT2D eigenvalue weighted by atomic mass is 10.3. The van der Waals surface area contributed by atoms with Crippen LogP contribution in [0.15, 0.2) is 24.3 Å². The number of anilines is 2. The van der Waals surface area contributed by atoms with Crippen molar-refractivity contribution in [3.8, 4) is 0 Å². The van der Waals surface area contributed by atoms with Crippen LogP contribution in [0, 0.1) is 0 Å². The summed E-state index contributed by atoms with van der Waals surface area (Å²) in [6.07, 6.45) is 0.768. The van der Waals surface area contributed by atoms with Gasteiger partial charge in [-0.25, -0.2) is 0 Å². The Bertz CT molecular complexity index is 220. The Hall–Kier alpha value is -1.22. The fourth-order valence-electron chi connectivity index (χ4n) is 0.913. The van der Waals surface area contributed by atoms with Crippen LogP contribution in [0.2, 0.25) is 0 Å². The molecule has 0 aliphatic heterocycles. The molecular weight excluding hydrogens is 152 g/mol. The smallest absolute Gasteiger partial charge is 0.0447 e. The van der Waals surface area contributed by atoms with Gasteiger partial charge in [0.05, 0.1) is 0 Å². The monoisotopic (exact) mass is 166 g/mol. The second-order valence-corrected chi connectivity index (χ2v) is 2.63. The number of benzene rings is 1. The van der Waals surface area contributed by atoms with Crippen LogP contribution < -0.4 is 11.1 Å². The molecule has 0 unspecified atom stereocenters. The summed E-state index contributed by atoms with van der Waals surface area (Å²) in [4.78, 5) is 0. The third kappa shape index (κ3) is 2.80. The van der Waals surface area contributed by atoms with Gasteiger partial charge in [0.2, 0.25) is 0 Å². The zero-order valence-electron chi connectivity index (χ0n) is 6.96. The predicted molar refractivity (Wildman–Crippen MR) is 51.0 cm³/mol. The maximum Gasteiger partial charge on any atom is 0.0447 e. The normalized spacial score (nSPS) is 9.75. The van der Waals surface area contributed by atoms with E-state index in [0.717, 1.165) is 24.3 Å². The van der Waals surface area contributed by atoms with Crippen LogP contribution in [0.5, 0.6) is 0 Å². The molecule has 1 aromatic carbocycles. The number of rotatable bonds is 4. The lowest BCUT2D eigenvalue weighted by Crippen LogP contribution is -2.03. The van der Waals surface area contributed by atoms with Gasteiger partial charge < -0.3 is 16.2 Å². The van der Waals surface area contributed by atoms with Gasteiger partial charge >= 0.3 is 0 Å². The Morgan fingerprint density at radius 3 is 2.50 bits per heavy atom. The first kappa shape index (κ1) is 8.87. The minimum absolute atomic E-state index is 0.224. The van der Waals surface area contributed by atoms with E-state index in [2.05, 4.69) is 5.32 Å². The third-order valence-electron chi connectivity index (χ3n) is 1.57. The minimum Gasteiger partial charge on any atom is -0.399 e. The molecule has 0 fully saturated rings. The molecule has 0 saturated heterocycles. The molecule has 3 nitrogen and oxygen atoms in total.